The molecule has 13 nitrogen and oxygen atoms in total. The Morgan fingerprint density at radius 2 is 1.83 bits per heavy atom. The van der Waals surface area contributed by atoms with Crippen molar-refractivity contribution in [2.45, 2.75) is 59.0 Å². The molecule has 0 unspecified atom stereocenters. The highest BCUT2D eigenvalue weighted by atomic mass is 31.2. The van der Waals surface area contributed by atoms with Crippen LogP contribution in [-0.4, -0.2) is 54.0 Å². The quantitative estimate of drug-likeness (QED) is 0.200. The average molecular weight is 618 g/mol. The SMILES string of the molecule is Cc1cc(C)c(C(C)(C)CC(=O)OCn2nccc2NC(=O)c2cc(COCC(F)(F)F)nn2C)c(OP(=O)(O)O)c1. The van der Waals surface area contributed by atoms with Gasteiger partial charge in [0.05, 0.1) is 24.9 Å². The van der Waals surface area contributed by atoms with E-state index in [-0.39, 0.29) is 36.1 Å². The first-order chi connectivity index (χ1) is 19.3. The van der Waals surface area contributed by atoms with Crippen LogP contribution < -0.4 is 9.84 Å². The van der Waals surface area contributed by atoms with Gasteiger partial charge in [-0.05, 0) is 37.1 Å². The predicted molar refractivity (Wildman–Crippen MR) is 141 cm³/mol. The first-order valence-electron chi connectivity index (χ1n) is 12.4. The van der Waals surface area contributed by atoms with E-state index < -0.39 is 44.5 Å². The fourth-order valence-electron chi connectivity index (χ4n) is 4.43. The van der Waals surface area contributed by atoms with Crippen molar-refractivity contribution < 1.29 is 51.1 Å². The molecule has 0 aliphatic heterocycles. The van der Waals surface area contributed by atoms with Crippen molar-refractivity contribution in [2.24, 2.45) is 7.05 Å². The smallest absolute Gasteiger partial charge is 0.442 e. The van der Waals surface area contributed by atoms with Crippen molar-refractivity contribution in [3.05, 3.63) is 58.5 Å². The zero-order valence-electron chi connectivity index (χ0n) is 23.4. The number of halogens is 3. The first-order valence-corrected chi connectivity index (χ1v) is 13.9. The normalized spacial score (nSPS) is 12.3. The molecule has 2 heterocycles. The average Bonchev–Trinajstić information content (AvgIpc) is 3.40. The van der Waals surface area contributed by atoms with Gasteiger partial charge in [-0.15, -0.1) is 0 Å². The second-order valence-electron chi connectivity index (χ2n) is 10.2. The molecule has 0 aliphatic carbocycles. The van der Waals surface area contributed by atoms with Gasteiger partial charge >= 0.3 is 20.0 Å². The van der Waals surface area contributed by atoms with Crippen LogP contribution in [0.4, 0.5) is 19.0 Å². The Labute approximate surface area is 238 Å². The maximum Gasteiger partial charge on any atom is 0.524 e. The molecule has 3 rings (SSSR count). The minimum absolute atomic E-state index is 0.0360. The number of phosphoric ester groups is 1. The molecule has 42 heavy (non-hydrogen) atoms. The number of alkyl halides is 3. The van der Waals surface area contributed by atoms with Gasteiger partial charge in [-0.2, -0.15) is 23.4 Å². The van der Waals surface area contributed by atoms with E-state index in [1.807, 2.05) is 0 Å². The number of hydrogen-bond acceptors (Lipinski definition) is 8. The number of aromatic nitrogens is 4. The van der Waals surface area contributed by atoms with Crippen LogP contribution in [0.25, 0.3) is 0 Å². The Hall–Kier alpha value is -3.72. The highest BCUT2D eigenvalue weighted by Crippen LogP contribution is 2.45. The number of nitrogens with zero attached hydrogens (tertiary/aromatic N) is 4. The summed E-state index contributed by atoms with van der Waals surface area (Å²) in [7, 11) is -3.43. The molecule has 3 N–H and O–H groups in total. The number of hydrogen-bond donors (Lipinski definition) is 3. The van der Waals surface area contributed by atoms with Crippen LogP contribution in [0.2, 0.25) is 0 Å². The predicted octanol–water partition coefficient (Wildman–Crippen LogP) is 3.90. The van der Waals surface area contributed by atoms with E-state index in [9.17, 15) is 37.1 Å². The third-order valence-corrected chi connectivity index (χ3v) is 6.34. The van der Waals surface area contributed by atoms with Crippen LogP contribution >= 0.6 is 7.82 Å². The number of carbonyl (C=O) groups excluding carboxylic acids is 2. The summed E-state index contributed by atoms with van der Waals surface area (Å²) in [5, 5.41) is 10.6. The molecule has 0 saturated carbocycles. The van der Waals surface area contributed by atoms with Crippen LogP contribution in [0.1, 0.15) is 53.1 Å². The molecule has 1 aromatic carbocycles. The lowest BCUT2D eigenvalue weighted by molar-refractivity contribution is -0.176. The molecule has 2 aromatic heterocycles. The highest BCUT2D eigenvalue weighted by molar-refractivity contribution is 7.46. The second-order valence-corrected chi connectivity index (χ2v) is 11.3. The van der Waals surface area contributed by atoms with Gasteiger partial charge < -0.3 is 19.3 Å². The molecule has 0 atom stereocenters. The van der Waals surface area contributed by atoms with E-state index in [4.69, 9.17) is 9.26 Å². The molecule has 0 fully saturated rings. The van der Waals surface area contributed by atoms with Crippen LogP contribution in [0.5, 0.6) is 5.75 Å². The summed E-state index contributed by atoms with van der Waals surface area (Å²) in [6.45, 7) is 4.61. The van der Waals surface area contributed by atoms with Crippen molar-refractivity contribution >= 4 is 25.5 Å². The van der Waals surface area contributed by atoms with Crippen LogP contribution in [0, 0.1) is 13.8 Å². The number of carbonyl (C=O) groups is 2. The summed E-state index contributed by atoms with van der Waals surface area (Å²) >= 11 is 0. The Morgan fingerprint density at radius 1 is 1.14 bits per heavy atom. The number of rotatable bonds is 12. The number of ether oxygens (including phenoxy) is 2. The standard InChI is InChI=1S/C25H31F3N5O8P/c1-15-8-16(2)22(19(9-15)41-42(36,37)38)24(3,4)11-21(34)40-14-33-20(6-7-29-33)30-23(35)18-10-17(31-32(18)5)12-39-13-25(26,27)28/h6-10H,11-14H2,1-5H3,(H,30,35)(H2,36,37,38). The zero-order chi connectivity index (χ0) is 31.5. The Balaban J connectivity index is 1.65. The largest absolute Gasteiger partial charge is 0.524 e. The maximum atomic E-state index is 12.8. The summed E-state index contributed by atoms with van der Waals surface area (Å²) < 4.78 is 65.7. The molecule has 0 radical (unpaired) electrons. The summed E-state index contributed by atoms with van der Waals surface area (Å²) in [5.74, 6) is -1.19. The lowest BCUT2D eigenvalue weighted by atomic mass is 9.78. The number of benzene rings is 1. The minimum atomic E-state index is -4.87. The van der Waals surface area contributed by atoms with Crippen LogP contribution in [0.15, 0.2) is 30.5 Å². The maximum absolute atomic E-state index is 12.8. The van der Waals surface area contributed by atoms with Gasteiger partial charge in [-0.3, -0.25) is 24.1 Å². The molecule has 230 valence electrons. The number of aryl methyl sites for hydroxylation is 3. The molecule has 0 saturated heterocycles. The van der Waals surface area contributed by atoms with E-state index in [2.05, 4.69) is 20.3 Å². The zero-order valence-corrected chi connectivity index (χ0v) is 24.3. The summed E-state index contributed by atoms with van der Waals surface area (Å²) in [4.78, 5) is 44.3. The number of amides is 1. The van der Waals surface area contributed by atoms with Gasteiger partial charge in [-0.25, -0.2) is 9.25 Å². The van der Waals surface area contributed by atoms with E-state index >= 15 is 0 Å². The number of phosphoric acid groups is 1. The fourth-order valence-corrected chi connectivity index (χ4v) is 4.83. The highest BCUT2D eigenvalue weighted by Gasteiger charge is 2.33. The van der Waals surface area contributed by atoms with Crippen molar-refractivity contribution in [2.75, 3.05) is 11.9 Å². The topological polar surface area (TPSA) is 167 Å². The summed E-state index contributed by atoms with van der Waals surface area (Å²) in [6, 6.07) is 6.01. The van der Waals surface area contributed by atoms with Crippen LogP contribution in [0.3, 0.4) is 0 Å². The van der Waals surface area contributed by atoms with Gasteiger partial charge in [-0.1, -0.05) is 19.9 Å². The number of nitrogens with one attached hydrogen (secondary N) is 1. The lowest BCUT2D eigenvalue weighted by Crippen LogP contribution is -2.26. The van der Waals surface area contributed by atoms with Gasteiger partial charge in [0.1, 0.15) is 23.9 Å². The first kappa shape index (κ1) is 32.8. The van der Waals surface area contributed by atoms with E-state index in [1.54, 1.807) is 33.8 Å². The molecule has 0 spiro atoms. The number of anilines is 1. The lowest BCUT2D eigenvalue weighted by Gasteiger charge is -2.29. The van der Waals surface area contributed by atoms with Crippen molar-refractivity contribution in [3.63, 3.8) is 0 Å². The molecule has 1 amide bonds. The van der Waals surface area contributed by atoms with Gasteiger partial charge in [0, 0.05) is 24.1 Å². The van der Waals surface area contributed by atoms with Crippen molar-refractivity contribution in [3.8, 4) is 5.75 Å². The fraction of sp³-hybridized carbons (Fsp3) is 0.440. The van der Waals surface area contributed by atoms with Gasteiger partial charge in [0.2, 0.25) is 0 Å². The van der Waals surface area contributed by atoms with E-state index in [1.165, 1.54) is 40.8 Å². The molecule has 3 aromatic rings. The second kappa shape index (κ2) is 12.7. The van der Waals surface area contributed by atoms with E-state index in [0.29, 0.717) is 16.7 Å². The summed E-state index contributed by atoms with van der Waals surface area (Å²) in [6.07, 6.45) is -3.32. The number of esters is 1. The van der Waals surface area contributed by atoms with E-state index in [0.717, 1.165) is 0 Å². The van der Waals surface area contributed by atoms with Crippen LogP contribution in [-0.2, 0) is 44.6 Å². The minimum Gasteiger partial charge on any atom is -0.442 e. The Kier molecular flexibility index (Phi) is 9.88. The monoisotopic (exact) mass is 617 g/mol. The third-order valence-electron chi connectivity index (χ3n) is 5.91. The molecule has 0 aliphatic rings. The van der Waals surface area contributed by atoms with Crippen molar-refractivity contribution in [1.29, 1.82) is 0 Å². The third kappa shape index (κ3) is 9.14. The Morgan fingerprint density at radius 3 is 2.48 bits per heavy atom. The van der Waals surface area contributed by atoms with Gasteiger partial charge in [0.25, 0.3) is 5.91 Å². The Bertz CT molecular complexity index is 1500. The van der Waals surface area contributed by atoms with Gasteiger partial charge in [0.15, 0.2) is 6.73 Å². The van der Waals surface area contributed by atoms with Crippen molar-refractivity contribution in [1.82, 2.24) is 19.6 Å². The summed E-state index contributed by atoms with van der Waals surface area (Å²) in [5.41, 5.74) is 1.01. The molecular formula is C25H31F3N5O8P. The molecular weight excluding hydrogens is 586 g/mol. The molecule has 0 bridgehead atoms. The molecule has 17 heteroatoms.